The second kappa shape index (κ2) is 5.10. The van der Waals surface area contributed by atoms with Crippen molar-refractivity contribution >= 4 is 17.5 Å². The maximum Gasteiger partial charge on any atom is 0.257 e. The Morgan fingerprint density at radius 2 is 2.26 bits per heavy atom. The van der Waals surface area contributed by atoms with E-state index in [4.69, 9.17) is 16.0 Å². The number of carbonyl (C=O) groups is 1. The number of benzene rings is 1. The molecule has 0 radical (unpaired) electrons. The Morgan fingerprint density at radius 1 is 1.37 bits per heavy atom. The van der Waals surface area contributed by atoms with Gasteiger partial charge in [-0.25, -0.2) is 0 Å². The summed E-state index contributed by atoms with van der Waals surface area (Å²) < 4.78 is 4.96. The van der Waals surface area contributed by atoms with Crippen LogP contribution < -0.4 is 0 Å². The molecule has 98 valence electrons. The van der Waals surface area contributed by atoms with Gasteiger partial charge in [-0.2, -0.15) is 0 Å². The number of amides is 1. The third-order valence-electron chi connectivity index (χ3n) is 3.56. The summed E-state index contributed by atoms with van der Waals surface area (Å²) in [5.41, 5.74) is 1.82. The molecule has 3 rings (SSSR count). The Hall–Kier alpha value is -1.74. The van der Waals surface area contributed by atoms with E-state index in [0.29, 0.717) is 11.5 Å². The SMILES string of the molecule is O=C(c1ccoc1)N1CCC(c2cccc(Cl)c2)C1. The first-order valence-electron chi connectivity index (χ1n) is 6.31. The summed E-state index contributed by atoms with van der Waals surface area (Å²) in [6, 6.07) is 9.59. The monoisotopic (exact) mass is 275 g/mol. The number of rotatable bonds is 2. The zero-order valence-electron chi connectivity index (χ0n) is 10.4. The maximum atomic E-state index is 12.2. The topological polar surface area (TPSA) is 33.5 Å². The Bertz CT molecular complexity index is 580. The van der Waals surface area contributed by atoms with Crippen LogP contribution in [0, 0.1) is 0 Å². The molecule has 2 aromatic rings. The van der Waals surface area contributed by atoms with E-state index >= 15 is 0 Å². The lowest BCUT2D eigenvalue weighted by Crippen LogP contribution is -2.28. The summed E-state index contributed by atoms with van der Waals surface area (Å²) in [6.07, 6.45) is 4.00. The fraction of sp³-hybridized carbons (Fsp3) is 0.267. The smallest absolute Gasteiger partial charge is 0.257 e. The Balaban J connectivity index is 1.72. The lowest BCUT2D eigenvalue weighted by molar-refractivity contribution is 0.0790. The second-order valence-corrected chi connectivity index (χ2v) is 5.24. The van der Waals surface area contributed by atoms with E-state index in [1.54, 1.807) is 6.07 Å². The Labute approximate surface area is 116 Å². The number of hydrogen-bond donors (Lipinski definition) is 0. The summed E-state index contributed by atoms with van der Waals surface area (Å²) in [6.45, 7) is 1.52. The highest BCUT2D eigenvalue weighted by molar-refractivity contribution is 6.30. The van der Waals surface area contributed by atoms with E-state index in [1.165, 1.54) is 18.1 Å². The molecule has 0 aliphatic carbocycles. The van der Waals surface area contributed by atoms with Crippen LogP contribution in [0.3, 0.4) is 0 Å². The van der Waals surface area contributed by atoms with Crippen molar-refractivity contribution in [1.29, 1.82) is 0 Å². The molecule has 1 amide bonds. The van der Waals surface area contributed by atoms with Crippen LogP contribution in [-0.4, -0.2) is 23.9 Å². The van der Waals surface area contributed by atoms with Gasteiger partial charge < -0.3 is 9.32 Å². The van der Waals surface area contributed by atoms with Gasteiger partial charge in [0.05, 0.1) is 11.8 Å². The summed E-state index contributed by atoms with van der Waals surface area (Å²) in [5, 5.41) is 0.747. The van der Waals surface area contributed by atoms with Crippen molar-refractivity contribution in [3.63, 3.8) is 0 Å². The molecule has 1 aliphatic heterocycles. The number of furan rings is 1. The fourth-order valence-electron chi connectivity index (χ4n) is 2.55. The molecule has 1 unspecified atom stereocenters. The molecular weight excluding hydrogens is 262 g/mol. The van der Waals surface area contributed by atoms with Gasteiger partial charge in [0.1, 0.15) is 6.26 Å². The summed E-state index contributed by atoms with van der Waals surface area (Å²) in [7, 11) is 0. The van der Waals surface area contributed by atoms with Crippen molar-refractivity contribution in [2.75, 3.05) is 13.1 Å². The van der Waals surface area contributed by atoms with E-state index in [9.17, 15) is 4.79 Å². The zero-order chi connectivity index (χ0) is 13.2. The minimum atomic E-state index is 0.0401. The average molecular weight is 276 g/mol. The van der Waals surface area contributed by atoms with Crippen LogP contribution in [0.2, 0.25) is 5.02 Å². The molecule has 19 heavy (non-hydrogen) atoms. The van der Waals surface area contributed by atoms with Gasteiger partial charge in [-0.3, -0.25) is 4.79 Å². The molecule has 0 saturated carbocycles. The van der Waals surface area contributed by atoms with E-state index in [-0.39, 0.29) is 5.91 Å². The number of hydrogen-bond acceptors (Lipinski definition) is 2. The van der Waals surface area contributed by atoms with Crippen LogP contribution in [0.5, 0.6) is 0 Å². The van der Waals surface area contributed by atoms with Crippen molar-refractivity contribution in [2.24, 2.45) is 0 Å². The van der Waals surface area contributed by atoms with Gasteiger partial charge in [0.25, 0.3) is 5.91 Å². The first-order chi connectivity index (χ1) is 9.24. The van der Waals surface area contributed by atoms with Crippen LogP contribution in [-0.2, 0) is 0 Å². The van der Waals surface area contributed by atoms with Crippen LogP contribution in [0.15, 0.2) is 47.3 Å². The largest absolute Gasteiger partial charge is 0.472 e. The quantitative estimate of drug-likeness (QED) is 0.840. The minimum absolute atomic E-state index is 0.0401. The molecule has 3 nitrogen and oxygen atoms in total. The first-order valence-corrected chi connectivity index (χ1v) is 6.69. The molecule has 1 fully saturated rings. The number of nitrogens with zero attached hydrogens (tertiary/aromatic N) is 1. The van der Waals surface area contributed by atoms with Gasteiger partial charge in [0.2, 0.25) is 0 Å². The summed E-state index contributed by atoms with van der Waals surface area (Å²) >= 11 is 6.01. The van der Waals surface area contributed by atoms with Gasteiger partial charge in [-0.15, -0.1) is 0 Å². The molecule has 1 aromatic carbocycles. The first kappa shape index (κ1) is 12.3. The van der Waals surface area contributed by atoms with Crippen molar-refractivity contribution in [3.05, 3.63) is 59.0 Å². The number of carbonyl (C=O) groups excluding carboxylic acids is 1. The standard InChI is InChI=1S/C15H14ClNO2/c16-14-3-1-2-11(8-14)12-4-6-17(9-12)15(18)13-5-7-19-10-13/h1-3,5,7-8,10,12H,4,6,9H2. The van der Waals surface area contributed by atoms with Crippen molar-refractivity contribution < 1.29 is 9.21 Å². The van der Waals surface area contributed by atoms with Crippen LogP contribution in [0.25, 0.3) is 0 Å². The lowest BCUT2D eigenvalue weighted by Gasteiger charge is -2.15. The van der Waals surface area contributed by atoms with Gasteiger partial charge >= 0.3 is 0 Å². The number of halogens is 1. The van der Waals surface area contributed by atoms with Crippen molar-refractivity contribution in [1.82, 2.24) is 4.90 Å². The van der Waals surface area contributed by atoms with E-state index in [0.717, 1.165) is 24.5 Å². The molecule has 1 atom stereocenters. The highest BCUT2D eigenvalue weighted by Crippen LogP contribution is 2.29. The molecule has 1 aliphatic rings. The molecule has 4 heteroatoms. The van der Waals surface area contributed by atoms with Crippen molar-refractivity contribution in [2.45, 2.75) is 12.3 Å². The lowest BCUT2D eigenvalue weighted by atomic mass is 9.99. The van der Waals surface area contributed by atoms with Gasteiger partial charge in [-0.1, -0.05) is 23.7 Å². The third-order valence-corrected chi connectivity index (χ3v) is 3.80. The van der Waals surface area contributed by atoms with Crippen LogP contribution in [0.1, 0.15) is 28.3 Å². The van der Waals surface area contributed by atoms with E-state index in [1.807, 2.05) is 23.1 Å². The molecule has 1 aromatic heterocycles. The molecular formula is C15H14ClNO2. The molecule has 1 saturated heterocycles. The highest BCUT2D eigenvalue weighted by atomic mass is 35.5. The minimum Gasteiger partial charge on any atom is -0.472 e. The Morgan fingerprint density at radius 3 is 3.00 bits per heavy atom. The predicted molar refractivity (Wildman–Crippen MR) is 73.4 cm³/mol. The molecule has 0 N–H and O–H groups in total. The van der Waals surface area contributed by atoms with E-state index < -0.39 is 0 Å². The van der Waals surface area contributed by atoms with E-state index in [2.05, 4.69) is 6.07 Å². The fourth-order valence-corrected chi connectivity index (χ4v) is 2.74. The predicted octanol–water partition coefficient (Wildman–Crippen LogP) is 3.56. The van der Waals surface area contributed by atoms with Gasteiger partial charge in [-0.05, 0) is 30.2 Å². The molecule has 2 heterocycles. The van der Waals surface area contributed by atoms with Gasteiger partial charge in [0, 0.05) is 24.0 Å². The average Bonchev–Trinajstić information content (AvgIpc) is 3.10. The second-order valence-electron chi connectivity index (χ2n) is 4.80. The third kappa shape index (κ3) is 2.51. The molecule has 0 bridgehead atoms. The van der Waals surface area contributed by atoms with Crippen molar-refractivity contribution in [3.8, 4) is 0 Å². The van der Waals surface area contributed by atoms with Crippen LogP contribution in [0.4, 0.5) is 0 Å². The molecule has 0 spiro atoms. The van der Waals surface area contributed by atoms with Crippen LogP contribution >= 0.6 is 11.6 Å². The highest BCUT2D eigenvalue weighted by Gasteiger charge is 2.28. The summed E-state index contributed by atoms with van der Waals surface area (Å²) in [5.74, 6) is 0.410. The zero-order valence-corrected chi connectivity index (χ0v) is 11.1. The summed E-state index contributed by atoms with van der Waals surface area (Å²) in [4.78, 5) is 14.1. The normalized spacial score (nSPS) is 18.8. The van der Waals surface area contributed by atoms with Gasteiger partial charge in [0.15, 0.2) is 0 Å². The number of likely N-dealkylation sites (tertiary alicyclic amines) is 1. The Kier molecular flexibility index (Phi) is 3.30. The maximum absolute atomic E-state index is 12.2.